The fourth-order valence-corrected chi connectivity index (χ4v) is 2.07. The standard InChI is InChI=1S/C18H21NO/c1-14(19(2)3)13-15-9-11-17(12-10-15)18(20)16-7-5-4-6-8-16/h4-12,14H,13H2,1-3H3. The molecule has 0 saturated carbocycles. The number of hydrogen-bond donors (Lipinski definition) is 0. The van der Waals surface area contributed by atoms with Gasteiger partial charge in [-0.15, -0.1) is 0 Å². The molecule has 0 amide bonds. The van der Waals surface area contributed by atoms with Gasteiger partial charge in [0.25, 0.3) is 0 Å². The highest BCUT2D eigenvalue weighted by Gasteiger charge is 2.09. The minimum atomic E-state index is 0.0813. The number of ketones is 1. The topological polar surface area (TPSA) is 20.3 Å². The lowest BCUT2D eigenvalue weighted by Crippen LogP contribution is -2.26. The van der Waals surface area contributed by atoms with E-state index in [1.54, 1.807) is 0 Å². The molecule has 20 heavy (non-hydrogen) atoms. The van der Waals surface area contributed by atoms with Gasteiger partial charge in [0.15, 0.2) is 5.78 Å². The van der Waals surface area contributed by atoms with E-state index in [2.05, 4.69) is 38.1 Å². The van der Waals surface area contributed by atoms with Crippen molar-refractivity contribution in [3.8, 4) is 0 Å². The summed E-state index contributed by atoms with van der Waals surface area (Å²) >= 11 is 0. The molecule has 0 aliphatic heterocycles. The summed E-state index contributed by atoms with van der Waals surface area (Å²) in [6.07, 6.45) is 0.993. The van der Waals surface area contributed by atoms with Crippen LogP contribution in [0.3, 0.4) is 0 Å². The van der Waals surface area contributed by atoms with Gasteiger partial charge in [-0.05, 0) is 33.0 Å². The van der Waals surface area contributed by atoms with Crippen molar-refractivity contribution in [2.75, 3.05) is 14.1 Å². The highest BCUT2D eigenvalue weighted by Crippen LogP contribution is 2.13. The second kappa shape index (κ2) is 6.49. The molecule has 2 nitrogen and oxygen atoms in total. The Hall–Kier alpha value is -1.93. The first kappa shape index (κ1) is 14.5. The maximum absolute atomic E-state index is 12.3. The van der Waals surface area contributed by atoms with Crippen LogP contribution in [-0.2, 0) is 6.42 Å². The van der Waals surface area contributed by atoms with Gasteiger partial charge in [-0.3, -0.25) is 4.79 Å². The molecule has 0 spiro atoms. The molecule has 0 bridgehead atoms. The van der Waals surface area contributed by atoms with E-state index in [1.165, 1.54) is 5.56 Å². The van der Waals surface area contributed by atoms with Gasteiger partial charge in [-0.2, -0.15) is 0 Å². The predicted octanol–water partition coefficient (Wildman–Crippen LogP) is 3.41. The number of benzene rings is 2. The summed E-state index contributed by atoms with van der Waals surface area (Å²) in [5, 5.41) is 0. The van der Waals surface area contributed by atoms with Crippen LogP contribution < -0.4 is 0 Å². The molecule has 0 fully saturated rings. The number of carbonyl (C=O) groups excluding carboxylic acids is 1. The summed E-state index contributed by atoms with van der Waals surface area (Å²) in [5.74, 6) is 0.0813. The molecule has 0 aliphatic carbocycles. The van der Waals surface area contributed by atoms with Crippen LogP contribution in [0.4, 0.5) is 0 Å². The van der Waals surface area contributed by atoms with Crippen LogP contribution in [0.25, 0.3) is 0 Å². The van der Waals surface area contributed by atoms with Gasteiger partial charge in [0.1, 0.15) is 0 Å². The van der Waals surface area contributed by atoms with Crippen molar-refractivity contribution >= 4 is 5.78 Å². The number of hydrogen-bond acceptors (Lipinski definition) is 2. The van der Waals surface area contributed by atoms with Crippen molar-refractivity contribution in [2.24, 2.45) is 0 Å². The molecular weight excluding hydrogens is 246 g/mol. The Bertz CT molecular complexity index is 558. The maximum atomic E-state index is 12.3. The fourth-order valence-electron chi connectivity index (χ4n) is 2.07. The Kier molecular flexibility index (Phi) is 4.70. The highest BCUT2D eigenvalue weighted by molar-refractivity contribution is 6.08. The predicted molar refractivity (Wildman–Crippen MR) is 83.2 cm³/mol. The third kappa shape index (κ3) is 3.55. The Morgan fingerprint density at radius 2 is 1.50 bits per heavy atom. The third-order valence-corrected chi connectivity index (χ3v) is 3.66. The summed E-state index contributed by atoms with van der Waals surface area (Å²) in [6, 6.07) is 17.8. The second-order valence-corrected chi connectivity index (χ2v) is 5.41. The first-order valence-electron chi connectivity index (χ1n) is 6.93. The van der Waals surface area contributed by atoms with Gasteiger partial charge < -0.3 is 4.90 Å². The Morgan fingerprint density at radius 3 is 2.05 bits per heavy atom. The number of likely N-dealkylation sites (N-methyl/N-ethyl adjacent to an activating group) is 1. The van der Waals surface area contributed by atoms with Gasteiger partial charge in [0.05, 0.1) is 0 Å². The first-order valence-corrected chi connectivity index (χ1v) is 6.93. The smallest absolute Gasteiger partial charge is 0.193 e. The summed E-state index contributed by atoms with van der Waals surface area (Å²) in [7, 11) is 4.16. The Morgan fingerprint density at radius 1 is 0.950 bits per heavy atom. The molecule has 0 N–H and O–H groups in total. The van der Waals surface area contributed by atoms with Gasteiger partial charge in [-0.1, -0.05) is 54.6 Å². The van der Waals surface area contributed by atoms with Crippen molar-refractivity contribution < 1.29 is 4.79 Å². The number of carbonyl (C=O) groups is 1. The largest absolute Gasteiger partial charge is 0.306 e. The molecule has 2 aromatic rings. The molecule has 1 atom stereocenters. The van der Waals surface area contributed by atoms with Gasteiger partial charge in [0, 0.05) is 17.2 Å². The molecule has 0 aliphatic rings. The minimum Gasteiger partial charge on any atom is -0.306 e. The monoisotopic (exact) mass is 267 g/mol. The molecule has 104 valence electrons. The SMILES string of the molecule is CC(Cc1ccc(C(=O)c2ccccc2)cc1)N(C)C. The highest BCUT2D eigenvalue weighted by atomic mass is 16.1. The Balaban J connectivity index is 2.11. The van der Waals surface area contributed by atoms with E-state index >= 15 is 0 Å². The van der Waals surface area contributed by atoms with Crippen molar-refractivity contribution in [2.45, 2.75) is 19.4 Å². The zero-order valence-electron chi connectivity index (χ0n) is 12.3. The van der Waals surface area contributed by atoms with Crippen LogP contribution in [0.1, 0.15) is 28.4 Å². The quantitative estimate of drug-likeness (QED) is 0.774. The third-order valence-electron chi connectivity index (χ3n) is 3.66. The summed E-state index contributed by atoms with van der Waals surface area (Å²) in [4.78, 5) is 14.5. The van der Waals surface area contributed by atoms with E-state index in [-0.39, 0.29) is 5.78 Å². The summed E-state index contributed by atoms with van der Waals surface area (Å²) in [6.45, 7) is 2.20. The molecule has 2 heteroatoms. The van der Waals surface area contributed by atoms with Crippen LogP contribution >= 0.6 is 0 Å². The van der Waals surface area contributed by atoms with E-state index in [1.807, 2.05) is 42.5 Å². The molecular formula is C18H21NO. The molecule has 0 aromatic heterocycles. The number of rotatable bonds is 5. The van der Waals surface area contributed by atoms with Crippen LogP contribution in [-0.4, -0.2) is 30.8 Å². The molecule has 0 radical (unpaired) electrons. The van der Waals surface area contributed by atoms with Crippen LogP contribution in [0, 0.1) is 0 Å². The van der Waals surface area contributed by atoms with Crippen LogP contribution in [0.15, 0.2) is 54.6 Å². The van der Waals surface area contributed by atoms with Crippen molar-refractivity contribution in [3.05, 3.63) is 71.3 Å². The van der Waals surface area contributed by atoms with Gasteiger partial charge in [0.2, 0.25) is 0 Å². The summed E-state index contributed by atoms with van der Waals surface area (Å²) in [5.41, 5.74) is 2.75. The normalized spacial score (nSPS) is 12.4. The first-order chi connectivity index (χ1) is 9.58. The van der Waals surface area contributed by atoms with Gasteiger partial charge in [-0.25, -0.2) is 0 Å². The minimum absolute atomic E-state index is 0.0813. The van der Waals surface area contributed by atoms with Crippen molar-refractivity contribution in [1.82, 2.24) is 4.90 Å². The lowest BCUT2D eigenvalue weighted by molar-refractivity contribution is 0.103. The zero-order chi connectivity index (χ0) is 14.5. The molecule has 1 unspecified atom stereocenters. The number of nitrogens with zero attached hydrogens (tertiary/aromatic N) is 1. The van der Waals surface area contributed by atoms with E-state index in [0.29, 0.717) is 6.04 Å². The summed E-state index contributed by atoms with van der Waals surface area (Å²) < 4.78 is 0. The van der Waals surface area contributed by atoms with E-state index in [4.69, 9.17) is 0 Å². The molecule has 2 rings (SSSR count). The molecule has 0 heterocycles. The average Bonchev–Trinajstić information content (AvgIpc) is 2.48. The molecule has 0 saturated heterocycles. The van der Waals surface area contributed by atoms with E-state index in [9.17, 15) is 4.79 Å². The lowest BCUT2D eigenvalue weighted by Gasteiger charge is -2.19. The van der Waals surface area contributed by atoms with Crippen molar-refractivity contribution in [1.29, 1.82) is 0 Å². The van der Waals surface area contributed by atoms with Crippen LogP contribution in [0.5, 0.6) is 0 Å². The van der Waals surface area contributed by atoms with Gasteiger partial charge >= 0.3 is 0 Å². The van der Waals surface area contributed by atoms with Crippen molar-refractivity contribution in [3.63, 3.8) is 0 Å². The Labute approximate surface area is 121 Å². The van der Waals surface area contributed by atoms with Crippen LogP contribution in [0.2, 0.25) is 0 Å². The average molecular weight is 267 g/mol. The van der Waals surface area contributed by atoms with E-state index in [0.717, 1.165) is 17.5 Å². The fraction of sp³-hybridized carbons (Fsp3) is 0.278. The maximum Gasteiger partial charge on any atom is 0.193 e. The zero-order valence-corrected chi connectivity index (χ0v) is 12.3. The molecule has 2 aromatic carbocycles. The lowest BCUT2D eigenvalue weighted by atomic mass is 10.00. The second-order valence-electron chi connectivity index (χ2n) is 5.41. The van der Waals surface area contributed by atoms with E-state index < -0.39 is 0 Å².